The Morgan fingerprint density at radius 3 is 2.79 bits per heavy atom. The number of anilines is 2. The summed E-state index contributed by atoms with van der Waals surface area (Å²) in [6.07, 6.45) is 7.17. The topological polar surface area (TPSA) is 64.3 Å². The summed E-state index contributed by atoms with van der Waals surface area (Å²) in [7, 11) is 0. The fourth-order valence-corrected chi connectivity index (χ4v) is 3.16. The molecule has 3 heterocycles. The van der Waals surface area contributed by atoms with E-state index in [1.807, 2.05) is 78.3 Å². The van der Waals surface area contributed by atoms with E-state index in [1.165, 1.54) is 0 Å². The zero-order valence-electron chi connectivity index (χ0n) is 15.2. The Labute approximate surface area is 161 Å². The van der Waals surface area contributed by atoms with Gasteiger partial charge in [-0.25, -0.2) is 15.0 Å². The van der Waals surface area contributed by atoms with Crippen LogP contribution in [0, 0.1) is 6.92 Å². The van der Waals surface area contributed by atoms with Crippen molar-refractivity contribution in [2.75, 3.05) is 5.32 Å². The quantitative estimate of drug-likeness (QED) is 0.477. The molecule has 1 N–H and O–H groups in total. The first kappa shape index (κ1) is 16.3. The van der Waals surface area contributed by atoms with Gasteiger partial charge in [-0.3, -0.25) is 0 Å². The highest BCUT2D eigenvalue weighted by Crippen LogP contribution is 2.30. The van der Waals surface area contributed by atoms with Crippen LogP contribution in [0.1, 0.15) is 5.56 Å². The molecular weight excluding hydrogens is 350 g/mol. The third-order valence-corrected chi connectivity index (χ3v) is 4.58. The molecule has 2 aromatic carbocycles. The minimum Gasteiger partial charge on any atom is -0.457 e. The molecule has 136 valence electrons. The molecule has 0 aliphatic rings. The number of benzene rings is 2. The van der Waals surface area contributed by atoms with Crippen molar-refractivity contribution in [2.24, 2.45) is 0 Å². The van der Waals surface area contributed by atoms with Gasteiger partial charge in [0.2, 0.25) is 0 Å². The smallest absolute Gasteiger partial charge is 0.141 e. The Kier molecular flexibility index (Phi) is 3.87. The summed E-state index contributed by atoms with van der Waals surface area (Å²) in [6, 6.07) is 17.7. The standard InChI is InChI=1S/C22H17N5O/c1-15-12-16(26-22-18-4-2-3-5-19(18)24-14-25-22)6-7-20(15)28-17-8-10-27-11-9-23-21(27)13-17/h2-14H,1H3,(H,24,25,26). The fraction of sp³-hybridized carbons (Fsp3) is 0.0455. The van der Waals surface area contributed by atoms with Crippen molar-refractivity contribution in [1.29, 1.82) is 0 Å². The van der Waals surface area contributed by atoms with Crippen molar-refractivity contribution >= 4 is 28.1 Å². The Morgan fingerprint density at radius 2 is 1.86 bits per heavy atom. The van der Waals surface area contributed by atoms with E-state index in [-0.39, 0.29) is 0 Å². The van der Waals surface area contributed by atoms with Crippen molar-refractivity contribution in [3.8, 4) is 11.5 Å². The molecule has 0 bridgehead atoms. The van der Waals surface area contributed by atoms with Crippen LogP contribution in [0.3, 0.4) is 0 Å². The van der Waals surface area contributed by atoms with Gasteiger partial charge < -0.3 is 14.5 Å². The summed E-state index contributed by atoms with van der Waals surface area (Å²) in [5.41, 5.74) is 3.72. The van der Waals surface area contributed by atoms with E-state index in [9.17, 15) is 0 Å². The number of hydrogen-bond acceptors (Lipinski definition) is 5. The second kappa shape index (κ2) is 6.66. The molecule has 0 saturated carbocycles. The lowest BCUT2D eigenvalue weighted by molar-refractivity contribution is 0.478. The van der Waals surface area contributed by atoms with Gasteiger partial charge in [0.15, 0.2) is 0 Å². The first-order valence-electron chi connectivity index (χ1n) is 8.94. The maximum absolute atomic E-state index is 6.06. The van der Waals surface area contributed by atoms with Crippen molar-refractivity contribution < 1.29 is 4.74 Å². The molecule has 0 aliphatic carbocycles. The number of ether oxygens (including phenoxy) is 1. The third kappa shape index (κ3) is 3.01. The first-order chi connectivity index (χ1) is 13.8. The average Bonchev–Trinajstić information content (AvgIpc) is 3.18. The van der Waals surface area contributed by atoms with Crippen LogP contribution >= 0.6 is 0 Å². The molecule has 0 spiro atoms. The lowest BCUT2D eigenvalue weighted by atomic mass is 10.2. The highest BCUT2D eigenvalue weighted by Gasteiger charge is 2.07. The summed E-state index contributed by atoms with van der Waals surface area (Å²) in [5.74, 6) is 2.33. The van der Waals surface area contributed by atoms with Crippen LogP contribution in [0.15, 0.2) is 79.5 Å². The van der Waals surface area contributed by atoms with Gasteiger partial charge in [0.25, 0.3) is 0 Å². The lowest BCUT2D eigenvalue weighted by Gasteiger charge is -2.12. The van der Waals surface area contributed by atoms with E-state index in [0.717, 1.165) is 45.1 Å². The van der Waals surface area contributed by atoms with Crippen LogP contribution < -0.4 is 10.1 Å². The number of aromatic nitrogens is 4. The summed E-state index contributed by atoms with van der Waals surface area (Å²) < 4.78 is 8.00. The van der Waals surface area contributed by atoms with Crippen LogP contribution in [0.25, 0.3) is 16.6 Å². The van der Waals surface area contributed by atoms with Crippen molar-refractivity contribution in [3.63, 3.8) is 0 Å². The zero-order chi connectivity index (χ0) is 18.9. The van der Waals surface area contributed by atoms with Gasteiger partial charge in [-0.15, -0.1) is 0 Å². The molecular formula is C22H17N5O. The molecule has 3 aromatic heterocycles. The molecule has 0 atom stereocenters. The van der Waals surface area contributed by atoms with E-state index < -0.39 is 0 Å². The van der Waals surface area contributed by atoms with E-state index >= 15 is 0 Å². The molecule has 6 heteroatoms. The molecule has 0 amide bonds. The number of aryl methyl sites for hydroxylation is 1. The second-order valence-corrected chi connectivity index (χ2v) is 6.50. The molecule has 0 unspecified atom stereocenters. The highest BCUT2D eigenvalue weighted by atomic mass is 16.5. The van der Waals surface area contributed by atoms with Gasteiger partial charge in [0, 0.05) is 35.7 Å². The molecule has 0 radical (unpaired) electrons. The SMILES string of the molecule is Cc1cc(Nc2ncnc3ccccc23)ccc1Oc1ccn2ccnc2c1. The van der Waals surface area contributed by atoms with Gasteiger partial charge in [-0.05, 0) is 48.9 Å². The molecule has 0 saturated heterocycles. The lowest BCUT2D eigenvalue weighted by Crippen LogP contribution is -1.97. The monoisotopic (exact) mass is 367 g/mol. The predicted molar refractivity (Wildman–Crippen MR) is 109 cm³/mol. The molecule has 0 fully saturated rings. The number of para-hydroxylation sites is 1. The number of nitrogens with one attached hydrogen (secondary N) is 1. The van der Waals surface area contributed by atoms with Crippen LogP contribution in [0.2, 0.25) is 0 Å². The molecule has 5 aromatic rings. The maximum atomic E-state index is 6.06. The third-order valence-electron chi connectivity index (χ3n) is 4.58. The molecule has 0 aliphatic heterocycles. The minimum absolute atomic E-state index is 0.754. The van der Waals surface area contributed by atoms with Crippen molar-refractivity contribution in [1.82, 2.24) is 19.4 Å². The van der Waals surface area contributed by atoms with Crippen LogP contribution in [-0.4, -0.2) is 19.4 Å². The Bertz CT molecular complexity index is 1290. The number of rotatable bonds is 4. The number of hydrogen-bond donors (Lipinski definition) is 1. The zero-order valence-corrected chi connectivity index (χ0v) is 15.2. The summed E-state index contributed by atoms with van der Waals surface area (Å²) >= 11 is 0. The van der Waals surface area contributed by atoms with Gasteiger partial charge in [-0.1, -0.05) is 12.1 Å². The molecule has 5 rings (SSSR count). The molecule has 28 heavy (non-hydrogen) atoms. The maximum Gasteiger partial charge on any atom is 0.141 e. The van der Waals surface area contributed by atoms with Gasteiger partial charge in [-0.2, -0.15) is 0 Å². The van der Waals surface area contributed by atoms with E-state index in [4.69, 9.17) is 4.74 Å². The summed E-state index contributed by atoms with van der Waals surface area (Å²) in [5, 5.41) is 4.36. The van der Waals surface area contributed by atoms with E-state index in [1.54, 1.807) is 12.5 Å². The Hall–Kier alpha value is -3.93. The van der Waals surface area contributed by atoms with Crippen molar-refractivity contribution in [3.05, 3.63) is 85.1 Å². The van der Waals surface area contributed by atoms with E-state index in [2.05, 4.69) is 20.3 Å². The minimum atomic E-state index is 0.754. The number of imidazole rings is 1. The van der Waals surface area contributed by atoms with E-state index in [0.29, 0.717) is 0 Å². The normalized spacial score (nSPS) is 11.0. The number of fused-ring (bicyclic) bond motifs is 2. The largest absolute Gasteiger partial charge is 0.457 e. The van der Waals surface area contributed by atoms with Crippen LogP contribution in [-0.2, 0) is 0 Å². The van der Waals surface area contributed by atoms with Crippen LogP contribution in [0.4, 0.5) is 11.5 Å². The Balaban J connectivity index is 1.41. The number of pyridine rings is 1. The van der Waals surface area contributed by atoms with Crippen LogP contribution in [0.5, 0.6) is 11.5 Å². The summed E-state index contributed by atoms with van der Waals surface area (Å²) in [4.78, 5) is 13.0. The number of nitrogens with zero attached hydrogens (tertiary/aromatic N) is 4. The second-order valence-electron chi connectivity index (χ2n) is 6.50. The fourth-order valence-electron chi connectivity index (χ4n) is 3.16. The highest BCUT2D eigenvalue weighted by molar-refractivity contribution is 5.90. The van der Waals surface area contributed by atoms with Gasteiger partial charge in [0.05, 0.1) is 5.52 Å². The average molecular weight is 367 g/mol. The van der Waals surface area contributed by atoms with Gasteiger partial charge >= 0.3 is 0 Å². The first-order valence-corrected chi connectivity index (χ1v) is 8.94. The molecule has 6 nitrogen and oxygen atoms in total. The predicted octanol–water partition coefficient (Wildman–Crippen LogP) is 5.12. The van der Waals surface area contributed by atoms with Gasteiger partial charge in [0.1, 0.15) is 29.3 Å². The van der Waals surface area contributed by atoms with Crippen molar-refractivity contribution in [2.45, 2.75) is 6.92 Å². The summed E-state index contributed by atoms with van der Waals surface area (Å²) in [6.45, 7) is 2.02. The Morgan fingerprint density at radius 1 is 0.929 bits per heavy atom.